The normalized spacial score (nSPS) is 11.3. The van der Waals surface area contributed by atoms with Crippen molar-refractivity contribution >= 4 is 23.4 Å². The van der Waals surface area contributed by atoms with Gasteiger partial charge in [0.25, 0.3) is 0 Å². The second-order valence-corrected chi connectivity index (χ2v) is 5.83. The smallest absolute Gasteiger partial charge is 0.250 e. The number of nitrogens with zero attached hydrogens (tertiary/aromatic N) is 1. The lowest BCUT2D eigenvalue weighted by Crippen LogP contribution is -2.21. The van der Waals surface area contributed by atoms with Gasteiger partial charge < -0.3 is 0 Å². The van der Waals surface area contributed by atoms with Crippen LogP contribution in [-0.4, -0.2) is 17.4 Å². The minimum atomic E-state index is -0.320. The Kier molecular flexibility index (Phi) is 5.72. The van der Waals surface area contributed by atoms with Crippen LogP contribution in [0.4, 0.5) is 4.39 Å². The number of benzene rings is 2. The third kappa shape index (κ3) is 4.70. The summed E-state index contributed by atoms with van der Waals surface area (Å²) in [6, 6.07) is 14.3. The number of thioether (sulfide) groups is 1. The first-order valence-corrected chi connectivity index (χ1v) is 7.82. The average Bonchev–Trinajstić information content (AvgIpc) is 2.52. The van der Waals surface area contributed by atoms with Gasteiger partial charge >= 0.3 is 0 Å². The molecule has 0 saturated carbocycles. The van der Waals surface area contributed by atoms with Gasteiger partial charge in [-0.2, -0.15) is 5.10 Å². The molecule has 0 aliphatic heterocycles. The first kappa shape index (κ1) is 16.2. The number of hydrazone groups is 1. The average molecular weight is 316 g/mol. The van der Waals surface area contributed by atoms with Gasteiger partial charge in [-0.1, -0.05) is 42.0 Å². The van der Waals surface area contributed by atoms with Gasteiger partial charge in [-0.05, 0) is 31.5 Å². The number of hydrogen-bond acceptors (Lipinski definition) is 3. The third-order valence-corrected chi connectivity index (χ3v) is 4.06. The Labute approximate surface area is 133 Å². The van der Waals surface area contributed by atoms with Gasteiger partial charge in [0.15, 0.2) is 0 Å². The summed E-state index contributed by atoms with van der Waals surface area (Å²) in [4.78, 5) is 12.2. The zero-order valence-corrected chi connectivity index (χ0v) is 13.3. The van der Waals surface area contributed by atoms with Crippen molar-refractivity contribution < 1.29 is 9.18 Å². The molecule has 1 N–H and O–H groups in total. The highest BCUT2D eigenvalue weighted by atomic mass is 32.2. The van der Waals surface area contributed by atoms with Crippen molar-refractivity contribution in [1.29, 1.82) is 0 Å². The van der Waals surface area contributed by atoms with E-state index in [0.29, 0.717) is 4.90 Å². The molecule has 0 bridgehead atoms. The van der Waals surface area contributed by atoms with Gasteiger partial charge in [-0.3, -0.25) is 4.79 Å². The summed E-state index contributed by atoms with van der Waals surface area (Å²) >= 11 is 1.15. The molecule has 0 aliphatic rings. The molecule has 1 amide bonds. The molecule has 0 radical (unpaired) electrons. The van der Waals surface area contributed by atoms with Crippen molar-refractivity contribution in [2.45, 2.75) is 18.7 Å². The molecule has 0 heterocycles. The monoisotopic (exact) mass is 316 g/mol. The Balaban J connectivity index is 1.88. The highest BCUT2D eigenvalue weighted by Crippen LogP contribution is 2.20. The Hall–Kier alpha value is -2.14. The number of amides is 1. The lowest BCUT2D eigenvalue weighted by molar-refractivity contribution is -0.118. The number of rotatable bonds is 5. The van der Waals surface area contributed by atoms with Gasteiger partial charge in [-0.25, -0.2) is 9.82 Å². The zero-order valence-electron chi connectivity index (χ0n) is 12.5. The van der Waals surface area contributed by atoms with Crippen LogP contribution in [-0.2, 0) is 4.79 Å². The Morgan fingerprint density at radius 3 is 2.55 bits per heavy atom. The largest absolute Gasteiger partial charge is 0.272 e. The van der Waals surface area contributed by atoms with E-state index in [-0.39, 0.29) is 17.5 Å². The fourth-order valence-corrected chi connectivity index (χ4v) is 2.47. The molecule has 3 nitrogen and oxygen atoms in total. The van der Waals surface area contributed by atoms with Crippen molar-refractivity contribution in [1.82, 2.24) is 5.43 Å². The molecule has 0 saturated heterocycles. The van der Waals surface area contributed by atoms with Crippen LogP contribution < -0.4 is 5.43 Å². The second-order valence-electron chi connectivity index (χ2n) is 4.82. The number of carbonyl (C=O) groups is 1. The first-order chi connectivity index (χ1) is 10.6. The minimum absolute atomic E-state index is 0.117. The standard InChI is InChI=1S/C17H17FN2OS/c1-12-7-9-14(10-8-12)13(2)19-20-17(21)11-22-16-6-4-3-5-15(16)18/h3-10H,11H2,1-2H3,(H,20,21)/b19-13-. The molecule has 2 aromatic rings. The van der Waals surface area contributed by atoms with Gasteiger partial charge in [0.05, 0.1) is 11.5 Å². The predicted octanol–water partition coefficient (Wildman–Crippen LogP) is 3.77. The van der Waals surface area contributed by atoms with E-state index in [1.807, 2.05) is 38.1 Å². The fraction of sp³-hybridized carbons (Fsp3) is 0.176. The van der Waals surface area contributed by atoms with E-state index < -0.39 is 0 Å². The number of carbonyl (C=O) groups excluding carboxylic acids is 1. The first-order valence-electron chi connectivity index (χ1n) is 6.84. The second kappa shape index (κ2) is 7.75. The summed E-state index contributed by atoms with van der Waals surface area (Å²) in [5.74, 6) is -0.467. The topological polar surface area (TPSA) is 41.5 Å². The quantitative estimate of drug-likeness (QED) is 0.518. The molecule has 114 valence electrons. The molecule has 0 atom stereocenters. The Morgan fingerprint density at radius 1 is 1.18 bits per heavy atom. The summed E-state index contributed by atoms with van der Waals surface area (Å²) in [5.41, 5.74) is 5.34. The van der Waals surface area contributed by atoms with Crippen LogP contribution in [0.5, 0.6) is 0 Å². The number of aryl methyl sites for hydroxylation is 1. The molecule has 2 rings (SSSR count). The number of halogens is 1. The van der Waals surface area contributed by atoms with Crippen LogP contribution in [0.25, 0.3) is 0 Å². The van der Waals surface area contributed by atoms with Gasteiger partial charge in [0, 0.05) is 4.90 Å². The van der Waals surface area contributed by atoms with E-state index in [0.717, 1.165) is 23.0 Å². The van der Waals surface area contributed by atoms with Gasteiger partial charge in [0.1, 0.15) is 5.82 Å². The van der Waals surface area contributed by atoms with Crippen molar-refractivity contribution in [3.05, 3.63) is 65.5 Å². The Morgan fingerprint density at radius 2 is 1.86 bits per heavy atom. The summed E-state index contributed by atoms with van der Waals surface area (Å²) in [5, 5.41) is 4.07. The molecule has 0 aliphatic carbocycles. The van der Waals surface area contributed by atoms with Crippen LogP contribution in [0.2, 0.25) is 0 Å². The molecule has 0 fully saturated rings. The summed E-state index contributed by atoms with van der Waals surface area (Å²) in [6.45, 7) is 3.84. The van der Waals surface area contributed by atoms with Gasteiger partial charge in [-0.15, -0.1) is 11.8 Å². The maximum Gasteiger partial charge on any atom is 0.250 e. The number of nitrogens with one attached hydrogen (secondary N) is 1. The van der Waals surface area contributed by atoms with E-state index in [2.05, 4.69) is 10.5 Å². The summed E-state index contributed by atoms with van der Waals surface area (Å²) < 4.78 is 13.4. The predicted molar refractivity (Wildman–Crippen MR) is 88.7 cm³/mol. The minimum Gasteiger partial charge on any atom is -0.272 e. The van der Waals surface area contributed by atoms with Crippen molar-refractivity contribution in [2.24, 2.45) is 5.10 Å². The van der Waals surface area contributed by atoms with Crippen LogP contribution in [0.15, 0.2) is 58.5 Å². The maximum absolute atomic E-state index is 13.4. The molecule has 0 unspecified atom stereocenters. The third-order valence-electron chi connectivity index (χ3n) is 3.01. The van der Waals surface area contributed by atoms with E-state index in [1.165, 1.54) is 11.6 Å². The molecule has 0 aromatic heterocycles. The highest BCUT2D eigenvalue weighted by molar-refractivity contribution is 8.00. The molecular weight excluding hydrogens is 299 g/mol. The molecule has 22 heavy (non-hydrogen) atoms. The fourth-order valence-electron chi connectivity index (χ4n) is 1.74. The summed E-state index contributed by atoms with van der Waals surface area (Å²) in [7, 11) is 0. The van der Waals surface area contributed by atoms with Crippen LogP contribution in [0.1, 0.15) is 18.1 Å². The lowest BCUT2D eigenvalue weighted by atomic mass is 10.1. The number of hydrogen-bond donors (Lipinski definition) is 1. The van der Waals surface area contributed by atoms with Crippen LogP contribution in [0, 0.1) is 12.7 Å². The summed E-state index contributed by atoms with van der Waals surface area (Å²) in [6.07, 6.45) is 0. The van der Waals surface area contributed by atoms with E-state index in [9.17, 15) is 9.18 Å². The van der Waals surface area contributed by atoms with E-state index >= 15 is 0 Å². The molecule has 5 heteroatoms. The Bertz CT molecular complexity index is 683. The van der Waals surface area contributed by atoms with E-state index in [4.69, 9.17) is 0 Å². The zero-order chi connectivity index (χ0) is 15.9. The molecule has 2 aromatic carbocycles. The van der Waals surface area contributed by atoms with Crippen molar-refractivity contribution in [3.8, 4) is 0 Å². The highest BCUT2D eigenvalue weighted by Gasteiger charge is 2.06. The van der Waals surface area contributed by atoms with E-state index in [1.54, 1.807) is 18.2 Å². The maximum atomic E-state index is 13.4. The van der Waals surface area contributed by atoms with Crippen molar-refractivity contribution in [3.63, 3.8) is 0 Å². The van der Waals surface area contributed by atoms with Gasteiger partial charge in [0.2, 0.25) is 5.91 Å². The van der Waals surface area contributed by atoms with Crippen LogP contribution >= 0.6 is 11.8 Å². The van der Waals surface area contributed by atoms with Crippen LogP contribution in [0.3, 0.4) is 0 Å². The van der Waals surface area contributed by atoms with Crippen molar-refractivity contribution in [2.75, 3.05) is 5.75 Å². The lowest BCUT2D eigenvalue weighted by Gasteiger charge is -2.04. The SMILES string of the molecule is C/C(=N/NC(=O)CSc1ccccc1F)c1ccc(C)cc1. The molecular formula is C17H17FN2OS. The molecule has 0 spiro atoms.